The summed E-state index contributed by atoms with van der Waals surface area (Å²) in [5.74, 6) is 3.83. The van der Waals surface area contributed by atoms with Crippen LogP contribution in [0.25, 0.3) is 0 Å². The quantitative estimate of drug-likeness (QED) is 0.380. The third kappa shape index (κ3) is 4.18. The molecule has 33 heavy (non-hydrogen) atoms. The predicted molar refractivity (Wildman–Crippen MR) is 141 cm³/mol. The van der Waals surface area contributed by atoms with Crippen LogP contribution in [0, 0.1) is 29.6 Å². The fraction of sp³-hybridized carbons (Fsp3) is 0.455. The number of benzene rings is 2. The lowest BCUT2D eigenvalue weighted by Gasteiger charge is -2.49. The molecule has 4 atom stereocenters. The molecule has 0 heterocycles. The molecule has 0 saturated heterocycles. The van der Waals surface area contributed by atoms with Gasteiger partial charge in [-0.15, -0.1) is 0 Å². The Kier molecular flexibility index (Phi) is 7.00. The molecule has 0 spiro atoms. The van der Waals surface area contributed by atoms with E-state index in [2.05, 4.69) is 91.5 Å². The molecule has 0 aliphatic heterocycles. The van der Waals surface area contributed by atoms with Crippen molar-refractivity contribution in [1.29, 1.82) is 0 Å². The van der Waals surface area contributed by atoms with Crippen molar-refractivity contribution in [3.63, 3.8) is 0 Å². The van der Waals surface area contributed by atoms with Crippen LogP contribution in [0.5, 0.6) is 0 Å². The SMILES string of the molecule is C=CC=CC=CC1CC(C(c2ccccc2)(c2ccccc2)C2CCCC2)C2CCCCC12. The van der Waals surface area contributed by atoms with Crippen LogP contribution in [-0.4, -0.2) is 0 Å². The van der Waals surface area contributed by atoms with E-state index in [1.165, 1.54) is 57.8 Å². The van der Waals surface area contributed by atoms with Gasteiger partial charge in [0.05, 0.1) is 0 Å². The van der Waals surface area contributed by atoms with Gasteiger partial charge in [-0.25, -0.2) is 0 Å². The second-order valence-corrected chi connectivity index (χ2v) is 10.7. The molecule has 2 aromatic carbocycles. The minimum atomic E-state index is 0.138. The fourth-order valence-corrected chi connectivity index (χ4v) is 8.13. The first-order chi connectivity index (χ1) is 16.4. The van der Waals surface area contributed by atoms with Crippen LogP contribution in [0.2, 0.25) is 0 Å². The summed E-state index contributed by atoms with van der Waals surface area (Å²) in [5, 5.41) is 0. The molecule has 3 fully saturated rings. The van der Waals surface area contributed by atoms with Crippen molar-refractivity contribution >= 4 is 0 Å². The van der Waals surface area contributed by atoms with Crippen molar-refractivity contribution < 1.29 is 0 Å². The Bertz CT molecular complexity index is 905. The molecular weight excluding hydrogens is 396 g/mol. The van der Waals surface area contributed by atoms with Gasteiger partial charge in [-0.3, -0.25) is 0 Å². The van der Waals surface area contributed by atoms with Crippen molar-refractivity contribution in [2.45, 2.75) is 63.2 Å². The molecule has 0 bridgehead atoms. The zero-order chi connectivity index (χ0) is 22.5. The second-order valence-electron chi connectivity index (χ2n) is 10.7. The first-order valence-electron chi connectivity index (χ1n) is 13.4. The van der Waals surface area contributed by atoms with Gasteiger partial charge in [0.15, 0.2) is 0 Å². The molecule has 5 rings (SSSR count). The highest BCUT2D eigenvalue weighted by Gasteiger charge is 2.56. The lowest BCUT2D eigenvalue weighted by Crippen LogP contribution is -2.45. The summed E-state index contributed by atoms with van der Waals surface area (Å²) in [4.78, 5) is 0. The first kappa shape index (κ1) is 22.5. The Hall–Kier alpha value is -2.34. The normalized spacial score (nSPS) is 28.5. The van der Waals surface area contributed by atoms with Crippen LogP contribution in [0.3, 0.4) is 0 Å². The van der Waals surface area contributed by atoms with Crippen molar-refractivity contribution in [2.75, 3.05) is 0 Å². The zero-order valence-corrected chi connectivity index (χ0v) is 20.1. The summed E-state index contributed by atoms with van der Waals surface area (Å²) in [6.45, 7) is 3.83. The van der Waals surface area contributed by atoms with E-state index in [0.717, 1.165) is 17.8 Å². The van der Waals surface area contributed by atoms with Crippen LogP contribution in [0.15, 0.2) is 97.6 Å². The van der Waals surface area contributed by atoms with Gasteiger partial charge in [0.25, 0.3) is 0 Å². The van der Waals surface area contributed by atoms with E-state index < -0.39 is 0 Å². The van der Waals surface area contributed by atoms with Crippen molar-refractivity contribution in [3.8, 4) is 0 Å². The van der Waals surface area contributed by atoms with Gasteiger partial charge in [0.2, 0.25) is 0 Å². The molecule has 0 radical (unpaired) electrons. The van der Waals surface area contributed by atoms with Crippen molar-refractivity contribution in [2.24, 2.45) is 29.6 Å². The molecular formula is C33H40. The molecule has 3 aliphatic rings. The zero-order valence-electron chi connectivity index (χ0n) is 20.1. The van der Waals surface area contributed by atoms with E-state index in [1.807, 2.05) is 6.08 Å². The average Bonchev–Trinajstić information content (AvgIpc) is 3.54. The number of hydrogen-bond donors (Lipinski definition) is 0. The van der Waals surface area contributed by atoms with Crippen molar-refractivity contribution in [1.82, 2.24) is 0 Å². The first-order valence-corrected chi connectivity index (χ1v) is 13.4. The summed E-state index contributed by atoms with van der Waals surface area (Å²) < 4.78 is 0. The monoisotopic (exact) mass is 436 g/mol. The van der Waals surface area contributed by atoms with Gasteiger partial charge < -0.3 is 0 Å². The van der Waals surface area contributed by atoms with Crippen LogP contribution in [0.4, 0.5) is 0 Å². The summed E-state index contributed by atoms with van der Waals surface area (Å²) in [7, 11) is 0. The number of rotatable bonds is 7. The Morgan fingerprint density at radius 2 is 1.24 bits per heavy atom. The van der Waals surface area contributed by atoms with E-state index in [0.29, 0.717) is 11.8 Å². The predicted octanol–water partition coefficient (Wildman–Crippen LogP) is 8.90. The molecule has 0 amide bonds. The number of allylic oxidation sites excluding steroid dienone is 5. The molecule has 0 nitrogen and oxygen atoms in total. The average molecular weight is 437 g/mol. The molecule has 3 aliphatic carbocycles. The van der Waals surface area contributed by atoms with Crippen LogP contribution in [-0.2, 0) is 5.41 Å². The van der Waals surface area contributed by atoms with E-state index >= 15 is 0 Å². The summed E-state index contributed by atoms with van der Waals surface area (Å²) in [6.07, 6.45) is 23.4. The topological polar surface area (TPSA) is 0 Å². The summed E-state index contributed by atoms with van der Waals surface area (Å²) >= 11 is 0. The molecule has 0 N–H and O–H groups in total. The van der Waals surface area contributed by atoms with Gasteiger partial charge in [-0.05, 0) is 72.8 Å². The van der Waals surface area contributed by atoms with Gasteiger partial charge in [-0.1, -0.05) is 123 Å². The maximum Gasteiger partial charge on any atom is 0.0262 e. The van der Waals surface area contributed by atoms with E-state index in [1.54, 1.807) is 11.1 Å². The largest absolute Gasteiger partial charge is 0.0991 e. The van der Waals surface area contributed by atoms with Crippen LogP contribution in [0.1, 0.15) is 68.9 Å². The highest BCUT2D eigenvalue weighted by atomic mass is 14.6. The smallest absolute Gasteiger partial charge is 0.0262 e. The van der Waals surface area contributed by atoms with Crippen molar-refractivity contribution in [3.05, 3.63) is 109 Å². The lowest BCUT2D eigenvalue weighted by atomic mass is 9.54. The van der Waals surface area contributed by atoms with E-state index in [4.69, 9.17) is 0 Å². The standard InChI is InChI=1S/C33H40/c1-2-3-4-7-16-26-25-32(31-24-15-14-23-30(26)31)33(29-21-12-13-22-29,27-17-8-5-9-18-27)28-19-10-6-11-20-28/h2-11,16-20,26,29-32H,1,12-15,21-25H2. The minimum absolute atomic E-state index is 0.138. The Labute approximate surface area is 201 Å². The fourth-order valence-electron chi connectivity index (χ4n) is 8.13. The van der Waals surface area contributed by atoms with E-state index in [9.17, 15) is 0 Å². The maximum atomic E-state index is 3.83. The molecule has 3 saturated carbocycles. The third-order valence-corrected chi connectivity index (χ3v) is 9.27. The third-order valence-electron chi connectivity index (χ3n) is 9.27. The second kappa shape index (κ2) is 10.3. The Morgan fingerprint density at radius 3 is 1.85 bits per heavy atom. The lowest BCUT2D eigenvalue weighted by molar-refractivity contribution is 0.128. The van der Waals surface area contributed by atoms with Gasteiger partial charge in [-0.2, -0.15) is 0 Å². The molecule has 172 valence electrons. The summed E-state index contributed by atoms with van der Waals surface area (Å²) in [5.41, 5.74) is 3.29. The van der Waals surface area contributed by atoms with Gasteiger partial charge in [0, 0.05) is 5.41 Å². The highest BCUT2D eigenvalue weighted by molar-refractivity contribution is 5.43. The maximum absolute atomic E-state index is 3.83. The Morgan fingerprint density at radius 1 is 0.667 bits per heavy atom. The Balaban J connectivity index is 1.65. The van der Waals surface area contributed by atoms with Crippen LogP contribution < -0.4 is 0 Å². The van der Waals surface area contributed by atoms with Gasteiger partial charge in [0.1, 0.15) is 0 Å². The number of fused-ring (bicyclic) bond motifs is 1. The van der Waals surface area contributed by atoms with Crippen LogP contribution >= 0.6 is 0 Å². The number of hydrogen-bond acceptors (Lipinski definition) is 0. The molecule has 4 unspecified atom stereocenters. The highest BCUT2D eigenvalue weighted by Crippen LogP contribution is 2.62. The molecule has 2 aromatic rings. The minimum Gasteiger partial charge on any atom is -0.0991 e. The summed E-state index contributed by atoms with van der Waals surface area (Å²) in [6, 6.07) is 23.4. The molecule has 0 aromatic heterocycles. The molecule has 0 heteroatoms. The van der Waals surface area contributed by atoms with Gasteiger partial charge >= 0.3 is 0 Å². The van der Waals surface area contributed by atoms with E-state index in [-0.39, 0.29) is 5.41 Å².